The summed E-state index contributed by atoms with van der Waals surface area (Å²) in [6.45, 7) is 3.85. The minimum atomic E-state index is -1.14. The maximum absolute atomic E-state index is 13.4. The second kappa shape index (κ2) is 10.2. The number of hydrogen-bond donors (Lipinski definition) is 6. The molecular weight excluding hydrogens is 444 g/mol. The number of para-hydroxylation sites is 2. The van der Waals surface area contributed by atoms with Gasteiger partial charge < -0.3 is 32.0 Å². The van der Waals surface area contributed by atoms with Crippen LogP contribution in [0.15, 0.2) is 54.7 Å². The van der Waals surface area contributed by atoms with Gasteiger partial charge in [-0.1, -0.05) is 36.4 Å². The zero-order valence-electron chi connectivity index (χ0n) is 19.9. The van der Waals surface area contributed by atoms with Gasteiger partial charge in [-0.3, -0.25) is 14.4 Å². The van der Waals surface area contributed by atoms with E-state index in [2.05, 4.69) is 26.3 Å². The Morgan fingerprint density at radius 3 is 2.66 bits per heavy atom. The van der Waals surface area contributed by atoms with Gasteiger partial charge >= 0.3 is 0 Å². The molecule has 1 unspecified atom stereocenters. The van der Waals surface area contributed by atoms with Crippen molar-refractivity contribution in [1.29, 1.82) is 0 Å². The number of anilines is 1. The SMILES string of the molecule is CC(C)(N)C(=O)N[C@H](CC1CNc2ccccc21)C(=O)N[C@H](Cc1c[nH]c2ccccc12)NC=O. The Kier molecular flexibility index (Phi) is 7.07. The van der Waals surface area contributed by atoms with Gasteiger partial charge in [0.15, 0.2) is 0 Å². The molecule has 35 heavy (non-hydrogen) atoms. The van der Waals surface area contributed by atoms with E-state index < -0.39 is 23.7 Å². The predicted molar refractivity (Wildman–Crippen MR) is 136 cm³/mol. The van der Waals surface area contributed by atoms with Gasteiger partial charge in [-0.2, -0.15) is 0 Å². The third-order valence-corrected chi connectivity index (χ3v) is 6.35. The summed E-state index contributed by atoms with van der Waals surface area (Å²) in [5.74, 6) is -0.770. The first-order valence-corrected chi connectivity index (χ1v) is 11.7. The molecule has 0 fully saturated rings. The third-order valence-electron chi connectivity index (χ3n) is 6.35. The quantitative estimate of drug-likeness (QED) is 0.195. The number of H-pyrrole nitrogens is 1. The molecular formula is C26H32N6O3. The summed E-state index contributed by atoms with van der Waals surface area (Å²) in [4.78, 5) is 40.7. The summed E-state index contributed by atoms with van der Waals surface area (Å²) >= 11 is 0. The largest absolute Gasteiger partial charge is 0.384 e. The zero-order chi connectivity index (χ0) is 25.0. The van der Waals surface area contributed by atoms with E-state index in [0.717, 1.165) is 27.7 Å². The Labute approximate surface area is 204 Å². The number of nitrogens with two attached hydrogens (primary N) is 1. The van der Waals surface area contributed by atoms with Gasteiger partial charge in [0.2, 0.25) is 18.2 Å². The monoisotopic (exact) mass is 476 g/mol. The maximum Gasteiger partial charge on any atom is 0.244 e. The number of benzene rings is 2. The highest BCUT2D eigenvalue weighted by Crippen LogP contribution is 2.34. The topological polar surface area (TPSA) is 141 Å². The van der Waals surface area contributed by atoms with Crippen LogP contribution in [0.1, 0.15) is 37.3 Å². The molecule has 3 atom stereocenters. The lowest BCUT2D eigenvalue weighted by atomic mass is 9.92. The molecule has 1 aliphatic rings. The summed E-state index contributed by atoms with van der Waals surface area (Å²) in [7, 11) is 0. The van der Waals surface area contributed by atoms with Crippen molar-refractivity contribution in [1.82, 2.24) is 20.9 Å². The van der Waals surface area contributed by atoms with Crippen LogP contribution in [-0.2, 0) is 20.8 Å². The lowest BCUT2D eigenvalue weighted by Gasteiger charge is -2.27. The number of rotatable bonds is 10. The van der Waals surface area contributed by atoms with Crippen LogP contribution < -0.4 is 27.0 Å². The number of hydrogen-bond acceptors (Lipinski definition) is 5. The van der Waals surface area contributed by atoms with Crippen molar-refractivity contribution < 1.29 is 14.4 Å². The van der Waals surface area contributed by atoms with Gasteiger partial charge in [0.1, 0.15) is 12.2 Å². The molecule has 1 aliphatic heterocycles. The van der Waals surface area contributed by atoms with Crippen LogP contribution in [0.25, 0.3) is 10.9 Å². The molecule has 0 radical (unpaired) electrons. The highest BCUT2D eigenvalue weighted by atomic mass is 16.2. The van der Waals surface area contributed by atoms with E-state index in [1.165, 1.54) is 0 Å². The Bertz CT molecular complexity index is 1220. The van der Waals surface area contributed by atoms with Crippen molar-refractivity contribution in [3.8, 4) is 0 Å². The minimum Gasteiger partial charge on any atom is -0.384 e. The number of aromatic nitrogens is 1. The molecule has 0 bridgehead atoms. The van der Waals surface area contributed by atoms with E-state index in [0.29, 0.717) is 25.8 Å². The highest BCUT2D eigenvalue weighted by Gasteiger charge is 2.33. The summed E-state index contributed by atoms with van der Waals surface area (Å²) in [5.41, 5.74) is 8.91. The molecule has 0 saturated carbocycles. The van der Waals surface area contributed by atoms with Gasteiger partial charge in [0, 0.05) is 41.7 Å². The lowest BCUT2D eigenvalue weighted by molar-refractivity contribution is -0.132. The van der Waals surface area contributed by atoms with Crippen molar-refractivity contribution in [2.45, 2.75) is 50.4 Å². The maximum atomic E-state index is 13.4. The van der Waals surface area contributed by atoms with Crippen LogP contribution in [0.3, 0.4) is 0 Å². The molecule has 1 aromatic heterocycles. The molecule has 7 N–H and O–H groups in total. The molecule has 9 nitrogen and oxygen atoms in total. The molecule has 2 heterocycles. The second-order valence-electron chi connectivity index (χ2n) is 9.56. The molecule has 0 saturated heterocycles. The predicted octanol–water partition coefficient (Wildman–Crippen LogP) is 1.72. The highest BCUT2D eigenvalue weighted by molar-refractivity contribution is 5.92. The summed E-state index contributed by atoms with van der Waals surface area (Å²) < 4.78 is 0. The number of carbonyl (C=O) groups is 3. The van der Waals surface area contributed by atoms with Crippen LogP contribution in [0.2, 0.25) is 0 Å². The van der Waals surface area contributed by atoms with Gasteiger partial charge in [-0.15, -0.1) is 0 Å². The number of fused-ring (bicyclic) bond motifs is 2. The average molecular weight is 477 g/mol. The molecule has 0 aliphatic carbocycles. The van der Waals surface area contributed by atoms with Gasteiger partial charge in [-0.05, 0) is 43.5 Å². The van der Waals surface area contributed by atoms with Crippen molar-refractivity contribution in [3.63, 3.8) is 0 Å². The first-order valence-electron chi connectivity index (χ1n) is 11.7. The molecule has 4 rings (SSSR count). The smallest absolute Gasteiger partial charge is 0.244 e. The Morgan fingerprint density at radius 1 is 1.14 bits per heavy atom. The fourth-order valence-corrected chi connectivity index (χ4v) is 4.45. The van der Waals surface area contributed by atoms with Crippen molar-refractivity contribution in [3.05, 3.63) is 65.9 Å². The van der Waals surface area contributed by atoms with Crippen LogP contribution in [0, 0.1) is 0 Å². The summed E-state index contributed by atoms with van der Waals surface area (Å²) in [6.07, 6.45) is 2.55. The van der Waals surface area contributed by atoms with Gasteiger partial charge in [0.05, 0.1) is 5.54 Å². The Hall–Kier alpha value is -3.85. The summed E-state index contributed by atoms with van der Waals surface area (Å²) in [5, 5.41) is 12.8. The van der Waals surface area contributed by atoms with Gasteiger partial charge in [0.25, 0.3) is 0 Å². The van der Waals surface area contributed by atoms with Crippen molar-refractivity contribution in [2.24, 2.45) is 5.73 Å². The molecule has 2 aromatic carbocycles. The molecule has 3 amide bonds. The lowest BCUT2D eigenvalue weighted by Crippen LogP contribution is -2.58. The number of nitrogens with one attached hydrogen (secondary N) is 5. The molecule has 9 heteroatoms. The Balaban J connectivity index is 1.52. The number of aromatic amines is 1. The van der Waals surface area contributed by atoms with Crippen LogP contribution in [0.5, 0.6) is 0 Å². The summed E-state index contributed by atoms with van der Waals surface area (Å²) in [6, 6.07) is 14.9. The van der Waals surface area contributed by atoms with E-state index in [-0.39, 0.29) is 11.8 Å². The first kappa shape index (κ1) is 24.3. The third kappa shape index (κ3) is 5.63. The van der Waals surface area contributed by atoms with Crippen LogP contribution in [0.4, 0.5) is 5.69 Å². The van der Waals surface area contributed by atoms with E-state index in [4.69, 9.17) is 5.73 Å². The number of amides is 3. The Morgan fingerprint density at radius 2 is 1.89 bits per heavy atom. The zero-order valence-corrected chi connectivity index (χ0v) is 19.9. The normalized spacial score (nSPS) is 16.6. The second-order valence-corrected chi connectivity index (χ2v) is 9.56. The van der Waals surface area contributed by atoms with Crippen molar-refractivity contribution in [2.75, 3.05) is 11.9 Å². The first-order chi connectivity index (χ1) is 16.8. The molecule has 3 aromatic rings. The number of carbonyl (C=O) groups excluding carboxylic acids is 3. The minimum absolute atomic E-state index is 0.0363. The molecule has 184 valence electrons. The molecule has 0 spiro atoms. The van der Waals surface area contributed by atoms with E-state index in [9.17, 15) is 14.4 Å². The van der Waals surface area contributed by atoms with Gasteiger partial charge in [-0.25, -0.2) is 0 Å². The van der Waals surface area contributed by atoms with Crippen molar-refractivity contribution >= 4 is 34.8 Å². The fourth-order valence-electron chi connectivity index (χ4n) is 4.45. The van der Waals surface area contributed by atoms with E-state index in [1.807, 2.05) is 54.7 Å². The fraction of sp³-hybridized carbons (Fsp3) is 0.346. The van der Waals surface area contributed by atoms with E-state index in [1.54, 1.807) is 13.8 Å². The standard InChI is InChI=1S/C26H32N6O3/c1-26(2,27)25(35)31-22(11-16-13-28-20-9-5-3-7-18(16)20)24(34)32-23(30-15-33)12-17-14-29-21-10-6-4-8-19(17)21/h3-10,14-16,22-23,28-29H,11-13,27H2,1-2H3,(H,30,33)(H,31,35)(H,32,34)/t16?,22-,23-/m1/s1. The van der Waals surface area contributed by atoms with E-state index >= 15 is 0 Å². The van der Waals surface area contributed by atoms with Crippen LogP contribution >= 0.6 is 0 Å². The van der Waals surface area contributed by atoms with Crippen LogP contribution in [-0.4, -0.2) is 47.5 Å². The average Bonchev–Trinajstić information content (AvgIpc) is 3.42.